The van der Waals surface area contributed by atoms with E-state index < -0.39 is 0 Å². The van der Waals surface area contributed by atoms with Gasteiger partial charge in [-0.3, -0.25) is 14.8 Å². The number of aromatic amines is 1. The molecule has 0 saturated carbocycles. The first-order chi connectivity index (χ1) is 11.3. The van der Waals surface area contributed by atoms with Gasteiger partial charge < -0.3 is 10.6 Å². The monoisotopic (exact) mass is 353 g/mol. The molecule has 1 fully saturated rings. The molecule has 0 atom stereocenters. The molecule has 2 aromatic rings. The van der Waals surface area contributed by atoms with Crippen LogP contribution in [-0.2, 0) is 0 Å². The Morgan fingerprint density at radius 1 is 1.29 bits per heavy atom. The molecule has 1 aromatic heterocycles. The van der Waals surface area contributed by atoms with Crippen LogP contribution in [0.4, 0.5) is 4.39 Å². The van der Waals surface area contributed by atoms with E-state index in [2.05, 4.69) is 25.7 Å². The molecule has 2 heterocycles. The fourth-order valence-electron chi connectivity index (χ4n) is 2.69. The molecule has 130 valence electrons. The number of hydrogen-bond acceptors (Lipinski definition) is 4. The van der Waals surface area contributed by atoms with Gasteiger partial charge in [-0.05, 0) is 12.1 Å². The van der Waals surface area contributed by atoms with Crippen molar-refractivity contribution >= 4 is 18.3 Å². The number of halogens is 2. The number of benzene rings is 1. The average molecular weight is 354 g/mol. The van der Waals surface area contributed by atoms with Crippen LogP contribution in [0.2, 0.25) is 0 Å². The molecule has 8 heteroatoms. The van der Waals surface area contributed by atoms with Gasteiger partial charge >= 0.3 is 0 Å². The number of nitrogens with zero attached hydrogens (tertiary/aromatic N) is 2. The minimum atomic E-state index is -0.383. The van der Waals surface area contributed by atoms with Gasteiger partial charge in [0.05, 0.1) is 17.5 Å². The second-order valence-corrected chi connectivity index (χ2v) is 5.49. The summed E-state index contributed by atoms with van der Waals surface area (Å²) in [6, 6.07) is 6.33. The molecule has 0 unspecified atom stereocenters. The summed E-state index contributed by atoms with van der Waals surface area (Å²) in [7, 11) is 0. The Balaban J connectivity index is 0.00000208. The highest BCUT2D eigenvalue weighted by Crippen LogP contribution is 2.23. The molecule has 0 spiro atoms. The SMILES string of the molecule is Cl.O=C(NCCN1CCNCC1)c1cn[nH]c1-c1ccccc1F. The molecule has 1 aliphatic rings. The molecule has 3 N–H and O–H groups in total. The molecule has 6 nitrogen and oxygen atoms in total. The fraction of sp³-hybridized carbons (Fsp3) is 0.375. The third kappa shape index (κ3) is 4.31. The van der Waals surface area contributed by atoms with E-state index in [1.165, 1.54) is 12.3 Å². The number of rotatable bonds is 5. The smallest absolute Gasteiger partial charge is 0.255 e. The van der Waals surface area contributed by atoms with Gasteiger partial charge in [0.25, 0.3) is 5.91 Å². The molecule has 1 aliphatic heterocycles. The molecule has 3 rings (SSSR count). The first kappa shape index (κ1) is 18.4. The fourth-order valence-corrected chi connectivity index (χ4v) is 2.69. The number of amides is 1. The lowest BCUT2D eigenvalue weighted by Crippen LogP contribution is -2.46. The van der Waals surface area contributed by atoms with Crippen LogP contribution in [0.1, 0.15) is 10.4 Å². The van der Waals surface area contributed by atoms with Crippen molar-refractivity contribution in [2.24, 2.45) is 0 Å². The lowest BCUT2D eigenvalue weighted by Gasteiger charge is -2.27. The number of nitrogens with one attached hydrogen (secondary N) is 3. The van der Waals surface area contributed by atoms with Crippen molar-refractivity contribution in [1.82, 2.24) is 25.7 Å². The Morgan fingerprint density at radius 3 is 2.79 bits per heavy atom. The highest BCUT2D eigenvalue weighted by Gasteiger charge is 2.17. The maximum absolute atomic E-state index is 13.9. The Morgan fingerprint density at radius 2 is 2.04 bits per heavy atom. The molecule has 24 heavy (non-hydrogen) atoms. The minimum Gasteiger partial charge on any atom is -0.351 e. The van der Waals surface area contributed by atoms with E-state index in [0.29, 0.717) is 23.4 Å². The van der Waals surface area contributed by atoms with Gasteiger partial charge in [0.1, 0.15) is 5.82 Å². The van der Waals surface area contributed by atoms with E-state index in [4.69, 9.17) is 0 Å². The van der Waals surface area contributed by atoms with E-state index in [-0.39, 0.29) is 24.1 Å². The van der Waals surface area contributed by atoms with Crippen molar-refractivity contribution in [2.45, 2.75) is 0 Å². The molecule has 1 amide bonds. The predicted molar refractivity (Wildman–Crippen MR) is 92.9 cm³/mol. The Bertz CT molecular complexity index is 672. The van der Waals surface area contributed by atoms with Gasteiger partial charge in [0, 0.05) is 44.8 Å². The molecule has 1 saturated heterocycles. The van der Waals surface area contributed by atoms with Crippen molar-refractivity contribution in [3.8, 4) is 11.3 Å². The third-order valence-corrected chi connectivity index (χ3v) is 3.95. The summed E-state index contributed by atoms with van der Waals surface area (Å²) in [6.07, 6.45) is 1.43. The van der Waals surface area contributed by atoms with Gasteiger partial charge in [-0.25, -0.2) is 4.39 Å². The van der Waals surface area contributed by atoms with Crippen LogP contribution >= 0.6 is 12.4 Å². The van der Waals surface area contributed by atoms with Gasteiger partial charge in [0.15, 0.2) is 0 Å². The predicted octanol–water partition coefficient (Wildman–Crippen LogP) is 1.27. The third-order valence-electron chi connectivity index (χ3n) is 3.95. The standard InChI is InChI=1S/C16H20FN5O.ClH/c17-14-4-2-1-3-12(14)15-13(11-20-21-15)16(23)19-7-10-22-8-5-18-6-9-22;/h1-4,11,18H,5-10H2,(H,19,23)(H,20,21);1H. The largest absolute Gasteiger partial charge is 0.351 e. The maximum atomic E-state index is 13.9. The normalized spacial score (nSPS) is 14.9. The van der Waals surface area contributed by atoms with Gasteiger partial charge in [-0.2, -0.15) is 5.10 Å². The van der Waals surface area contributed by atoms with Crippen molar-refractivity contribution in [2.75, 3.05) is 39.3 Å². The molecular weight excluding hydrogens is 333 g/mol. The van der Waals surface area contributed by atoms with E-state index in [0.717, 1.165) is 32.7 Å². The van der Waals surface area contributed by atoms with Crippen LogP contribution in [0.5, 0.6) is 0 Å². The lowest BCUT2D eigenvalue weighted by atomic mass is 10.1. The summed E-state index contributed by atoms with van der Waals surface area (Å²) in [6.45, 7) is 5.30. The second-order valence-electron chi connectivity index (χ2n) is 5.49. The Hall–Kier alpha value is -1.96. The molecular formula is C16H21ClFN5O. The number of aromatic nitrogens is 2. The van der Waals surface area contributed by atoms with E-state index >= 15 is 0 Å². The van der Waals surface area contributed by atoms with Gasteiger partial charge in [-0.1, -0.05) is 12.1 Å². The van der Waals surface area contributed by atoms with Crippen LogP contribution in [0.15, 0.2) is 30.5 Å². The van der Waals surface area contributed by atoms with Crippen molar-refractivity contribution in [3.05, 3.63) is 41.8 Å². The van der Waals surface area contributed by atoms with Crippen molar-refractivity contribution in [3.63, 3.8) is 0 Å². The Kier molecular flexibility index (Phi) is 6.72. The number of hydrogen-bond donors (Lipinski definition) is 3. The van der Waals surface area contributed by atoms with Crippen LogP contribution in [0.3, 0.4) is 0 Å². The Labute approximate surface area is 146 Å². The number of piperazine rings is 1. The number of carbonyl (C=O) groups excluding carboxylic acids is 1. The zero-order valence-electron chi connectivity index (χ0n) is 13.2. The molecule has 0 bridgehead atoms. The first-order valence-electron chi connectivity index (χ1n) is 7.75. The van der Waals surface area contributed by atoms with Crippen molar-refractivity contribution < 1.29 is 9.18 Å². The zero-order chi connectivity index (χ0) is 16.1. The summed E-state index contributed by atoms with van der Waals surface area (Å²) >= 11 is 0. The zero-order valence-corrected chi connectivity index (χ0v) is 14.0. The van der Waals surface area contributed by atoms with Gasteiger partial charge in [-0.15, -0.1) is 12.4 Å². The van der Waals surface area contributed by atoms with Crippen LogP contribution < -0.4 is 10.6 Å². The summed E-state index contributed by atoms with van der Waals surface area (Å²) in [5.41, 5.74) is 1.11. The van der Waals surface area contributed by atoms with Crippen LogP contribution in [-0.4, -0.2) is 60.3 Å². The topological polar surface area (TPSA) is 73.1 Å². The first-order valence-corrected chi connectivity index (χ1v) is 7.75. The maximum Gasteiger partial charge on any atom is 0.255 e. The number of H-pyrrole nitrogens is 1. The summed E-state index contributed by atoms with van der Waals surface area (Å²) in [5.74, 6) is -0.626. The molecule has 1 aromatic carbocycles. The summed E-state index contributed by atoms with van der Waals surface area (Å²) in [4.78, 5) is 14.6. The van der Waals surface area contributed by atoms with E-state index in [1.54, 1.807) is 18.2 Å². The molecule has 0 radical (unpaired) electrons. The summed E-state index contributed by atoms with van der Waals surface area (Å²) < 4.78 is 13.9. The second kappa shape index (κ2) is 8.77. The summed E-state index contributed by atoms with van der Waals surface area (Å²) in [5, 5.41) is 12.8. The van der Waals surface area contributed by atoms with Crippen molar-refractivity contribution in [1.29, 1.82) is 0 Å². The minimum absolute atomic E-state index is 0. The van der Waals surface area contributed by atoms with E-state index in [9.17, 15) is 9.18 Å². The molecule has 0 aliphatic carbocycles. The highest BCUT2D eigenvalue weighted by atomic mass is 35.5. The van der Waals surface area contributed by atoms with E-state index in [1.807, 2.05) is 0 Å². The average Bonchev–Trinajstić information content (AvgIpc) is 3.06. The highest BCUT2D eigenvalue weighted by molar-refractivity contribution is 5.99. The van der Waals surface area contributed by atoms with Gasteiger partial charge in [0.2, 0.25) is 0 Å². The number of carbonyl (C=O) groups is 1. The van der Waals surface area contributed by atoms with Crippen LogP contribution in [0.25, 0.3) is 11.3 Å². The van der Waals surface area contributed by atoms with Crippen LogP contribution in [0, 0.1) is 5.82 Å². The lowest BCUT2D eigenvalue weighted by molar-refractivity contribution is 0.0948. The quantitative estimate of drug-likeness (QED) is 0.757.